The van der Waals surface area contributed by atoms with Gasteiger partial charge >= 0.3 is 0 Å². The van der Waals surface area contributed by atoms with Gasteiger partial charge in [-0.15, -0.1) is 0 Å². The molecule has 90 valence electrons. The second-order valence-corrected chi connectivity index (χ2v) is 4.51. The van der Waals surface area contributed by atoms with Crippen LogP contribution in [0.5, 0.6) is 0 Å². The molecule has 1 fully saturated rings. The first kappa shape index (κ1) is 11.0. The summed E-state index contributed by atoms with van der Waals surface area (Å²) < 4.78 is 5.37. The Balaban J connectivity index is 1.93. The van der Waals surface area contributed by atoms with E-state index >= 15 is 0 Å². The number of nitrogens with one attached hydrogen (secondary N) is 1. The molecule has 1 aromatic carbocycles. The molecule has 0 spiro atoms. The van der Waals surface area contributed by atoms with Gasteiger partial charge in [0.25, 0.3) is 0 Å². The molecule has 2 heterocycles. The van der Waals surface area contributed by atoms with Crippen LogP contribution in [0.4, 0.5) is 5.69 Å². The highest BCUT2D eigenvalue weighted by Crippen LogP contribution is 2.33. The van der Waals surface area contributed by atoms with Gasteiger partial charge < -0.3 is 10.1 Å². The van der Waals surface area contributed by atoms with Gasteiger partial charge in [-0.1, -0.05) is 18.2 Å². The van der Waals surface area contributed by atoms with Crippen molar-refractivity contribution in [2.45, 2.75) is 6.17 Å². The SMILES string of the molecule is ClC1=NC(N2CCOCC2)c2ccccc2N1. The van der Waals surface area contributed by atoms with E-state index in [1.54, 1.807) is 0 Å². The molecule has 1 saturated heterocycles. The molecule has 2 aliphatic heterocycles. The fourth-order valence-corrected chi connectivity index (χ4v) is 2.45. The third-order valence-corrected chi connectivity index (χ3v) is 3.30. The van der Waals surface area contributed by atoms with Gasteiger partial charge in [-0.3, -0.25) is 4.90 Å². The summed E-state index contributed by atoms with van der Waals surface area (Å²) in [6.45, 7) is 3.32. The zero-order valence-corrected chi connectivity index (χ0v) is 10.2. The van der Waals surface area contributed by atoms with Gasteiger partial charge in [0.15, 0.2) is 5.29 Å². The maximum atomic E-state index is 6.04. The number of ether oxygens (including phenoxy) is 1. The van der Waals surface area contributed by atoms with Crippen LogP contribution in [0, 0.1) is 0 Å². The van der Waals surface area contributed by atoms with E-state index in [-0.39, 0.29) is 6.17 Å². The molecule has 2 aliphatic rings. The van der Waals surface area contributed by atoms with Crippen LogP contribution in [-0.2, 0) is 4.74 Å². The lowest BCUT2D eigenvalue weighted by Gasteiger charge is -2.35. The number of anilines is 1. The maximum Gasteiger partial charge on any atom is 0.197 e. The molecular formula is C12H14ClN3O. The Morgan fingerprint density at radius 3 is 2.88 bits per heavy atom. The number of halogens is 1. The van der Waals surface area contributed by atoms with Crippen molar-refractivity contribution in [1.82, 2.24) is 4.90 Å². The smallest absolute Gasteiger partial charge is 0.197 e. The standard InChI is InChI=1S/C12H14ClN3O/c13-12-14-10-4-2-1-3-9(10)11(15-12)16-5-7-17-8-6-16/h1-4,11H,5-8H2,(H,14,15). The summed E-state index contributed by atoms with van der Waals surface area (Å²) in [5, 5.41) is 3.54. The Kier molecular flexibility index (Phi) is 3.01. The van der Waals surface area contributed by atoms with Crippen LogP contribution >= 0.6 is 11.6 Å². The molecule has 1 N–H and O–H groups in total. The van der Waals surface area contributed by atoms with E-state index in [4.69, 9.17) is 16.3 Å². The Hall–Kier alpha value is -1.10. The van der Waals surface area contributed by atoms with Gasteiger partial charge in [0.1, 0.15) is 6.17 Å². The topological polar surface area (TPSA) is 36.9 Å². The Morgan fingerprint density at radius 2 is 2.06 bits per heavy atom. The van der Waals surface area contributed by atoms with Gasteiger partial charge in [-0.05, 0) is 17.7 Å². The third-order valence-electron chi connectivity index (χ3n) is 3.10. The quantitative estimate of drug-likeness (QED) is 0.776. The van der Waals surface area contributed by atoms with Crippen LogP contribution in [0.25, 0.3) is 0 Å². The molecule has 0 aliphatic carbocycles. The number of hydrogen-bond acceptors (Lipinski definition) is 4. The molecule has 1 unspecified atom stereocenters. The van der Waals surface area contributed by atoms with Crippen molar-refractivity contribution < 1.29 is 4.74 Å². The lowest BCUT2D eigenvalue weighted by molar-refractivity contribution is 0.0179. The van der Waals surface area contributed by atoms with Crippen LogP contribution in [0.15, 0.2) is 29.3 Å². The molecule has 4 nitrogen and oxygen atoms in total. The summed E-state index contributed by atoms with van der Waals surface area (Å²) in [5.74, 6) is 0. The number of benzene rings is 1. The third kappa shape index (κ3) is 2.16. The van der Waals surface area contributed by atoms with Crippen molar-refractivity contribution in [3.8, 4) is 0 Å². The molecule has 0 saturated carbocycles. The zero-order chi connectivity index (χ0) is 11.7. The minimum Gasteiger partial charge on any atom is -0.379 e. The number of hydrogen-bond donors (Lipinski definition) is 1. The van der Waals surface area contributed by atoms with Crippen LogP contribution in [0.1, 0.15) is 11.7 Å². The molecule has 0 radical (unpaired) electrons. The van der Waals surface area contributed by atoms with Gasteiger partial charge in [0, 0.05) is 24.3 Å². The Labute approximate surface area is 105 Å². The minimum absolute atomic E-state index is 0.0175. The monoisotopic (exact) mass is 251 g/mol. The predicted molar refractivity (Wildman–Crippen MR) is 68.5 cm³/mol. The van der Waals surface area contributed by atoms with E-state index in [0.29, 0.717) is 5.29 Å². The van der Waals surface area contributed by atoms with Gasteiger partial charge in [0.05, 0.1) is 13.2 Å². The first-order chi connectivity index (χ1) is 8.34. The van der Waals surface area contributed by atoms with Crippen molar-refractivity contribution in [1.29, 1.82) is 0 Å². The van der Waals surface area contributed by atoms with Crippen molar-refractivity contribution in [2.24, 2.45) is 4.99 Å². The lowest BCUT2D eigenvalue weighted by atomic mass is 10.1. The number of nitrogens with zero attached hydrogens (tertiary/aromatic N) is 2. The van der Waals surface area contributed by atoms with Crippen molar-refractivity contribution >= 4 is 22.6 Å². The number of morpholine rings is 1. The van der Waals surface area contributed by atoms with Crippen LogP contribution in [-0.4, -0.2) is 36.5 Å². The number of rotatable bonds is 1. The Bertz CT molecular complexity index is 443. The van der Waals surface area contributed by atoms with E-state index in [9.17, 15) is 0 Å². The van der Waals surface area contributed by atoms with E-state index < -0.39 is 0 Å². The highest BCUT2D eigenvalue weighted by atomic mass is 35.5. The second kappa shape index (κ2) is 4.64. The van der Waals surface area contributed by atoms with Gasteiger partial charge in [-0.2, -0.15) is 0 Å². The highest BCUT2D eigenvalue weighted by molar-refractivity contribution is 6.67. The second-order valence-electron chi connectivity index (χ2n) is 4.15. The van der Waals surface area contributed by atoms with Gasteiger partial charge in [0.2, 0.25) is 0 Å². The summed E-state index contributed by atoms with van der Waals surface area (Å²) in [4.78, 5) is 6.79. The molecule has 3 rings (SSSR count). The fraction of sp³-hybridized carbons (Fsp3) is 0.417. The van der Waals surface area contributed by atoms with E-state index in [1.165, 1.54) is 5.56 Å². The number of para-hydroxylation sites is 1. The summed E-state index contributed by atoms with van der Waals surface area (Å²) >= 11 is 6.04. The van der Waals surface area contributed by atoms with Crippen molar-refractivity contribution in [2.75, 3.05) is 31.6 Å². The molecule has 1 atom stereocenters. The van der Waals surface area contributed by atoms with E-state index in [2.05, 4.69) is 21.3 Å². The van der Waals surface area contributed by atoms with Crippen molar-refractivity contribution in [3.05, 3.63) is 29.8 Å². The van der Waals surface area contributed by atoms with Crippen LogP contribution in [0.2, 0.25) is 0 Å². The average molecular weight is 252 g/mol. The molecule has 17 heavy (non-hydrogen) atoms. The molecule has 0 aromatic heterocycles. The summed E-state index contributed by atoms with van der Waals surface area (Å²) in [6.07, 6.45) is 0.0175. The van der Waals surface area contributed by atoms with Crippen LogP contribution in [0.3, 0.4) is 0 Å². The number of fused-ring (bicyclic) bond motifs is 1. The van der Waals surface area contributed by atoms with Crippen LogP contribution < -0.4 is 5.32 Å². The molecule has 5 heteroatoms. The van der Waals surface area contributed by atoms with E-state index in [0.717, 1.165) is 32.0 Å². The largest absolute Gasteiger partial charge is 0.379 e. The first-order valence-corrected chi connectivity index (χ1v) is 6.13. The summed E-state index contributed by atoms with van der Waals surface area (Å²) in [7, 11) is 0. The highest BCUT2D eigenvalue weighted by Gasteiger charge is 2.27. The summed E-state index contributed by atoms with van der Waals surface area (Å²) in [6, 6.07) is 8.15. The van der Waals surface area contributed by atoms with Gasteiger partial charge in [-0.25, -0.2) is 4.99 Å². The first-order valence-electron chi connectivity index (χ1n) is 5.75. The molecular weight excluding hydrogens is 238 g/mol. The Morgan fingerprint density at radius 1 is 1.29 bits per heavy atom. The zero-order valence-electron chi connectivity index (χ0n) is 9.40. The average Bonchev–Trinajstić information content (AvgIpc) is 2.39. The number of aliphatic imine (C=N–C) groups is 1. The van der Waals surface area contributed by atoms with E-state index in [1.807, 2.05) is 18.2 Å². The number of amidine groups is 1. The van der Waals surface area contributed by atoms with Crippen molar-refractivity contribution in [3.63, 3.8) is 0 Å². The summed E-state index contributed by atoms with van der Waals surface area (Å²) in [5.41, 5.74) is 2.22. The molecule has 0 bridgehead atoms. The normalized spacial score (nSPS) is 24.8. The fourth-order valence-electron chi connectivity index (χ4n) is 2.26. The predicted octanol–water partition coefficient (Wildman–Crippen LogP) is 2.04. The minimum atomic E-state index is 0.0175. The lowest BCUT2D eigenvalue weighted by Crippen LogP contribution is -2.40. The molecule has 1 aromatic rings. The molecule has 0 amide bonds. The maximum absolute atomic E-state index is 6.04.